The third-order valence-corrected chi connectivity index (χ3v) is 4.51. The van der Waals surface area contributed by atoms with Gasteiger partial charge in [0.1, 0.15) is 5.75 Å². The van der Waals surface area contributed by atoms with Crippen LogP contribution < -0.4 is 4.74 Å². The van der Waals surface area contributed by atoms with E-state index in [1.54, 1.807) is 23.3 Å². The predicted molar refractivity (Wildman–Crippen MR) is 97.6 cm³/mol. The maximum atomic E-state index is 12.5. The van der Waals surface area contributed by atoms with Crippen LogP contribution in [0, 0.1) is 0 Å². The number of rotatable bonds is 9. The molecule has 1 aromatic heterocycles. The smallest absolute Gasteiger partial charge is 0.260 e. The molecule has 0 radical (unpaired) electrons. The number of methoxy groups -OCH3 is 1. The van der Waals surface area contributed by atoms with Crippen molar-refractivity contribution in [1.82, 2.24) is 4.90 Å². The Hall–Kier alpha value is -1.85. The summed E-state index contributed by atoms with van der Waals surface area (Å²) in [5.74, 6) is 1.16. The van der Waals surface area contributed by atoms with Crippen LogP contribution in [0.5, 0.6) is 5.75 Å². The highest BCUT2D eigenvalue weighted by atomic mass is 32.1. The summed E-state index contributed by atoms with van der Waals surface area (Å²) in [4.78, 5) is 14.2. The van der Waals surface area contributed by atoms with Crippen LogP contribution in [0.1, 0.15) is 30.9 Å². The third-order valence-electron chi connectivity index (χ3n) is 3.78. The zero-order chi connectivity index (χ0) is 17.4. The number of amides is 1. The first kappa shape index (κ1) is 18.5. The van der Waals surface area contributed by atoms with Gasteiger partial charge in [-0.15, -0.1) is 0 Å². The van der Waals surface area contributed by atoms with Gasteiger partial charge in [0.25, 0.3) is 5.91 Å². The molecule has 0 saturated heterocycles. The Kier molecular flexibility index (Phi) is 7.28. The van der Waals surface area contributed by atoms with Gasteiger partial charge >= 0.3 is 0 Å². The van der Waals surface area contributed by atoms with Gasteiger partial charge in [-0.05, 0) is 46.0 Å². The fourth-order valence-corrected chi connectivity index (χ4v) is 2.94. The number of hydrogen-bond donors (Lipinski definition) is 0. The molecule has 0 saturated carbocycles. The molecule has 130 valence electrons. The van der Waals surface area contributed by atoms with E-state index < -0.39 is 0 Å². The Morgan fingerprint density at radius 1 is 1.21 bits per heavy atom. The van der Waals surface area contributed by atoms with Crippen LogP contribution in [0.3, 0.4) is 0 Å². The van der Waals surface area contributed by atoms with Crippen molar-refractivity contribution in [3.63, 3.8) is 0 Å². The lowest BCUT2D eigenvalue weighted by atomic mass is 10.0. The highest BCUT2D eigenvalue weighted by Gasteiger charge is 2.15. The van der Waals surface area contributed by atoms with Crippen LogP contribution in [0.15, 0.2) is 41.1 Å². The fraction of sp³-hybridized carbons (Fsp3) is 0.421. The van der Waals surface area contributed by atoms with E-state index in [0.29, 0.717) is 25.6 Å². The third kappa shape index (κ3) is 5.65. The van der Waals surface area contributed by atoms with Gasteiger partial charge in [0, 0.05) is 20.2 Å². The SMILES string of the molecule is COCCN(Cc1ccsc1)C(=O)COc1ccc(C(C)C)cc1. The van der Waals surface area contributed by atoms with Crippen LogP contribution in [0.2, 0.25) is 0 Å². The number of hydrogen-bond acceptors (Lipinski definition) is 4. The molecule has 0 N–H and O–H groups in total. The minimum Gasteiger partial charge on any atom is -0.484 e. The van der Waals surface area contributed by atoms with Gasteiger partial charge < -0.3 is 14.4 Å². The summed E-state index contributed by atoms with van der Waals surface area (Å²) < 4.78 is 10.8. The monoisotopic (exact) mass is 347 g/mol. The molecule has 0 spiro atoms. The van der Waals surface area contributed by atoms with Gasteiger partial charge in [-0.25, -0.2) is 0 Å². The van der Waals surface area contributed by atoms with Crippen molar-refractivity contribution in [2.45, 2.75) is 26.3 Å². The molecule has 5 heteroatoms. The Morgan fingerprint density at radius 2 is 1.96 bits per heavy atom. The van der Waals surface area contributed by atoms with Crippen molar-refractivity contribution in [3.8, 4) is 5.75 Å². The number of benzene rings is 1. The largest absolute Gasteiger partial charge is 0.484 e. The van der Waals surface area contributed by atoms with Crippen LogP contribution in [-0.2, 0) is 16.1 Å². The number of carbonyl (C=O) groups is 1. The van der Waals surface area contributed by atoms with E-state index in [1.165, 1.54) is 5.56 Å². The molecule has 0 bridgehead atoms. The quantitative estimate of drug-likeness (QED) is 0.690. The van der Waals surface area contributed by atoms with E-state index in [1.807, 2.05) is 35.7 Å². The zero-order valence-electron chi connectivity index (χ0n) is 14.5. The lowest BCUT2D eigenvalue weighted by molar-refractivity contribution is -0.134. The van der Waals surface area contributed by atoms with E-state index >= 15 is 0 Å². The molecule has 0 atom stereocenters. The average Bonchev–Trinajstić information content (AvgIpc) is 3.10. The molecule has 1 aromatic carbocycles. The van der Waals surface area contributed by atoms with Crippen molar-refractivity contribution in [3.05, 3.63) is 52.2 Å². The number of ether oxygens (including phenoxy) is 2. The van der Waals surface area contributed by atoms with Crippen molar-refractivity contribution < 1.29 is 14.3 Å². The first-order valence-electron chi connectivity index (χ1n) is 8.10. The molecule has 2 aromatic rings. The van der Waals surface area contributed by atoms with Gasteiger partial charge in [0.2, 0.25) is 0 Å². The predicted octanol–water partition coefficient (Wildman–Crippen LogP) is 3.93. The highest BCUT2D eigenvalue weighted by molar-refractivity contribution is 7.07. The van der Waals surface area contributed by atoms with Crippen molar-refractivity contribution >= 4 is 17.2 Å². The van der Waals surface area contributed by atoms with Gasteiger partial charge in [0.15, 0.2) is 6.61 Å². The summed E-state index contributed by atoms with van der Waals surface area (Å²) in [5, 5.41) is 4.07. The fourth-order valence-electron chi connectivity index (χ4n) is 2.28. The minimum absolute atomic E-state index is 0.0359. The summed E-state index contributed by atoms with van der Waals surface area (Å²) in [6.45, 7) is 5.99. The zero-order valence-corrected chi connectivity index (χ0v) is 15.3. The molecule has 0 aliphatic heterocycles. The molecule has 2 rings (SSSR count). The molecule has 4 nitrogen and oxygen atoms in total. The van der Waals surface area contributed by atoms with Crippen LogP contribution >= 0.6 is 11.3 Å². The van der Waals surface area contributed by atoms with Gasteiger partial charge in [-0.3, -0.25) is 4.79 Å². The van der Waals surface area contributed by atoms with Crippen LogP contribution in [0.25, 0.3) is 0 Å². The lowest BCUT2D eigenvalue weighted by Gasteiger charge is -2.22. The number of carbonyl (C=O) groups excluding carboxylic acids is 1. The van der Waals surface area contributed by atoms with Crippen LogP contribution in [0.4, 0.5) is 0 Å². The van der Waals surface area contributed by atoms with E-state index in [2.05, 4.69) is 19.2 Å². The van der Waals surface area contributed by atoms with Crippen LogP contribution in [-0.4, -0.2) is 37.7 Å². The molecule has 24 heavy (non-hydrogen) atoms. The molecule has 0 unspecified atom stereocenters. The summed E-state index contributed by atoms with van der Waals surface area (Å²) in [6.07, 6.45) is 0. The Morgan fingerprint density at radius 3 is 2.54 bits per heavy atom. The molecular weight excluding hydrogens is 322 g/mol. The second-order valence-corrected chi connectivity index (χ2v) is 6.73. The maximum Gasteiger partial charge on any atom is 0.260 e. The molecule has 1 heterocycles. The Labute approximate surface area is 148 Å². The van der Waals surface area contributed by atoms with Gasteiger partial charge in [-0.1, -0.05) is 26.0 Å². The summed E-state index contributed by atoms with van der Waals surface area (Å²) in [7, 11) is 1.64. The van der Waals surface area contributed by atoms with E-state index in [4.69, 9.17) is 9.47 Å². The van der Waals surface area contributed by atoms with Crippen molar-refractivity contribution in [2.24, 2.45) is 0 Å². The topological polar surface area (TPSA) is 38.8 Å². The van der Waals surface area contributed by atoms with E-state index in [0.717, 1.165) is 11.3 Å². The standard InChI is InChI=1S/C19H25NO3S/c1-15(2)17-4-6-18(7-5-17)23-13-19(21)20(9-10-22-3)12-16-8-11-24-14-16/h4-8,11,14-15H,9-10,12-13H2,1-3H3. The number of thiophene rings is 1. The molecule has 0 fully saturated rings. The number of nitrogens with zero attached hydrogens (tertiary/aromatic N) is 1. The maximum absolute atomic E-state index is 12.5. The van der Waals surface area contributed by atoms with Crippen molar-refractivity contribution in [1.29, 1.82) is 0 Å². The Balaban J connectivity index is 1.91. The first-order valence-corrected chi connectivity index (χ1v) is 9.05. The normalized spacial score (nSPS) is 10.8. The lowest BCUT2D eigenvalue weighted by Crippen LogP contribution is -2.36. The minimum atomic E-state index is -0.0359. The highest BCUT2D eigenvalue weighted by Crippen LogP contribution is 2.18. The van der Waals surface area contributed by atoms with Crippen molar-refractivity contribution in [2.75, 3.05) is 26.9 Å². The van der Waals surface area contributed by atoms with Gasteiger partial charge in [0.05, 0.1) is 6.61 Å². The summed E-state index contributed by atoms with van der Waals surface area (Å²) in [5.41, 5.74) is 2.39. The second-order valence-electron chi connectivity index (χ2n) is 5.95. The second kappa shape index (κ2) is 9.45. The van der Waals surface area contributed by atoms with Gasteiger partial charge in [-0.2, -0.15) is 11.3 Å². The first-order chi connectivity index (χ1) is 11.6. The molecule has 0 aliphatic carbocycles. The Bertz CT molecular complexity index is 608. The molecule has 0 aliphatic rings. The average molecular weight is 347 g/mol. The molecular formula is C19H25NO3S. The van der Waals surface area contributed by atoms with E-state index in [-0.39, 0.29) is 12.5 Å². The molecule has 1 amide bonds. The summed E-state index contributed by atoms with van der Waals surface area (Å²) >= 11 is 1.63. The van der Waals surface area contributed by atoms with E-state index in [9.17, 15) is 4.79 Å². The summed E-state index contributed by atoms with van der Waals surface area (Å²) in [6, 6.07) is 9.95.